The van der Waals surface area contributed by atoms with Crippen LogP contribution in [-0.4, -0.2) is 40.0 Å². The molecule has 0 spiro atoms. The second kappa shape index (κ2) is 6.89. The summed E-state index contributed by atoms with van der Waals surface area (Å²) in [6.07, 6.45) is 2.70. The summed E-state index contributed by atoms with van der Waals surface area (Å²) in [5.74, 6) is 1.34. The Kier molecular flexibility index (Phi) is 4.85. The zero-order valence-electron chi connectivity index (χ0n) is 15.3. The van der Waals surface area contributed by atoms with E-state index in [9.17, 15) is 0 Å². The molecule has 0 saturated carbocycles. The lowest BCUT2D eigenvalue weighted by molar-refractivity contribution is 0.193. The molecular weight excluding hydrogens is 302 g/mol. The van der Waals surface area contributed by atoms with Crippen molar-refractivity contribution in [1.29, 1.82) is 0 Å². The topological polar surface area (TPSA) is 56.1 Å². The molecule has 6 nitrogen and oxygen atoms in total. The van der Waals surface area contributed by atoms with Gasteiger partial charge >= 0.3 is 0 Å². The smallest absolute Gasteiger partial charge is 0.132 e. The zero-order valence-corrected chi connectivity index (χ0v) is 15.3. The average Bonchev–Trinajstić information content (AvgIpc) is 3.19. The maximum absolute atomic E-state index is 5.48. The Balaban J connectivity index is 1.80. The van der Waals surface area contributed by atoms with Crippen LogP contribution in [0.5, 0.6) is 0 Å². The first-order chi connectivity index (χ1) is 11.5. The van der Waals surface area contributed by atoms with Crippen molar-refractivity contribution < 1.29 is 4.74 Å². The molecule has 3 rings (SSSR count). The minimum absolute atomic E-state index is 0.371. The average molecular weight is 329 g/mol. The predicted octanol–water partition coefficient (Wildman–Crippen LogP) is 3.01. The van der Waals surface area contributed by atoms with Crippen LogP contribution in [0.1, 0.15) is 54.9 Å². The summed E-state index contributed by atoms with van der Waals surface area (Å²) in [6, 6.07) is 2.47. The van der Waals surface area contributed by atoms with Crippen molar-refractivity contribution in [2.75, 3.05) is 25.2 Å². The highest BCUT2D eigenvalue weighted by Gasteiger charge is 2.21. The lowest BCUT2D eigenvalue weighted by Crippen LogP contribution is -2.19. The molecule has 1 fully saturated rings. The van der Waals surface area contributed by atoms with Crippen LogP contribution in [-0.2, 0) is 11.3 Å². The molecule has 0 aliphatic carbocycles. The van der Waals surface area contributed by atoms with Gasteiger partial charge in [0.05, 0.1) is 18.0 Å². The molecule has 24 heavy (non-hydrogen) atoms. The van der Waals surface area contributed by atoms with E-state index in [0.29, 0.717) is 12.0 Å². The molecule has 6 heteroatoms. The number of nitrogens with zero attached hydrogens (tertiary/aromatic N) is 5. The summed E-state index contributed by atoms with van der Waals surface area (Å²) in [5.41, 5.74) is 4.67. The molecule has 1 atom stereocenters. The highest BCUT2D eigenvalue weighted by molar-refractivity contribution is 5.41. The minimum atomic E-state index is 0.371. The molecule has 130 valence electrons. The van der Waals surface area contributed by atoms with Gasteiger partial charge in [-0.2, -0.15) is 5.10 Å². The van der Waals surface area contributed by atoms with Crippen LogP contribution in [0.4, 0.5) is 5.82 Å². The van der Waals surface area contributed by atoms with Gasteiger partial charge in [-0.1, -0.05) is 0 Å². The summed E-state index contributed by atoms with van der Waals surface area (Å²) >= 11 is 0. The summed E-state index contributed by atoms with van der Waals surface area (Å²) in [4.78, 5) is 11.1. The number of rotatable bonds is 5. The zero-order chi connectivity index (χ0) is 17.3. The van der Waals surface area contributed by atoms with E-state index in [-0.39, 0.29) is 0 Å². The Morgan fingerprint density at radius 3 is 2.75 bits per heavy atom. The minimum Gasteiger partial charge on any atom is -0.381 e. The van der Waals surface area contributed by atoms with Crippen LogP contribution < -0.4 is 4.90 Å². The number of aromatic nitrogens is 4. The van der Waals surface area contributed by atoms with Gasteiger partial charge < -0.3 is 9.64 Å². The van der Waals surface area contributed by atoms with Gasteiger partial charge in [0.1, 0.15) is 12.1 Å². The van der Waals surface area contributed by atoms with Gasteiger partial charge in [0, 0.05) is 49.5 Å². The van der Waals surface area contributed by atoms with Gasteiger partial charge in [-0.15, -0.1) is 0 Å². The standard InChI is InChI=1S/C18H27N5O/c1-12(2)23-14(4)16(13(3)21-23)9-22(5)18-8-17(19-11-20-18)15-6-7-24-10-15/h8,11-12,15H,6-7,9-10H2,1-5H3/t15-/m0/s1. The van der Waals surface area contributed by atoms with E-state index < -0.39 is 0 Å². The summed E-state index contributed by atoms with van der Waals surface area (Å²) in [5, 5.41) is 4.68. The molecule has 3 heterocycles. The third kappa shape index (κ3) is 3.29. The van der Waals surface area contributed by atoms with Crippen LogP contribution in [0.3, 0.4) is 0 Å². The molecule has 0 bridgehead atoms. The maximum atomic E-state index is 5.48. The van der Waals surface area contributed by atoms with Crippen molar-refractivity contribution in [2.24, 2.45) is 0 Å². The van der Waals surface area contributed by atoms with Crippen molar-refractivity contribution in [3.63, 3.8) is 0 Å². The fraction of sp³-hybridized carbons (Fsp3) is 0.611. The van der Waals surface area contributed by atoms with Gasteiger partial charge in [-0.05, 0) is 34.1 Å². The second-order valence-corrected chi connectivity index (χ2v) is 6.91. The SMILES string of the molecule is Cc1nn(C(C)C)c(C)c1CN(C)c1cc([C@H]2CCOC2)ncn1. The van der Waals surface area contributed by atoms with Crippen LogP contribution in [0, 0.1) is 13.8 Å². The predicted molar refractivity (Wildman–Crippen MR) is 94.4 cm³/mol. The summed E-state index contributed by atoms with van der Waals surface area (Å²) < 4.78 is 7.58. The first kappa shape index (κ1) is 16.9. The number of hydrogen-bond acceptors (Lipinski definition) is 5. The van der Waals surface area contributed by atoms with Gasteiger partial charge in [0.2, 0.25) is 0 Å². The fourth-order valence-electron chi connectivity index (χ4n) is 3.31. The van der Waals surface area contributed by atoms with Crippen molar-refractivity contribution >= 4 is 5.82 Å². The Hall–Kier alpha value is -1.95. The van der Waals surface area contributed by atoms with Crippen molar-refractivity contribution in [2.45, 2.75) is 52.6 Å². The first-order valence-corrected chi connectivity index (χ1v) is 8.62. The van der Waals surface area contributed by atoms with Gasteiger partial charge in [0.25, 0.3) is 0 Å². The first-order valence-electron chi connectivity index (χ1n) is 8.62. The maximum Gasteiger partial charge on any atom is 0.132 e. The van der Waals surface area contributed by atoms with E-state index in [2.05, 4.69) is 65.5 Å². The highest BCUT2D eigenvalue weighted by Crippen LogP contribution is 2.26. The van der Waals surface area contributed by atoms with Gasteiger partial charge in [-0.25, -0.2) is 9.97 Å². The van der Waals surface area contributed by atoms with Crippen LogP contribution >= 0.6 is 0 Å². The number of hydrogen-bond donors (Lipinski definition) is 0. The largest absolute Gasteiger partial charge is 0.381 e. The normalized spacial score (nSPS) is 17.7. The van der Waals surface area contributed by atoms with Crippen molar-refractivity contribution in [3.8, 4) is 0 Å². The molecule has 0 amide bonds. The molecule has 1 aliphatic heterocycles. The molecule has 0 N–H and O–H groups in total. The highest BCUT2D eigenvalue weighted by atomic mass is 16.5. The Morgan fingerprint density at radius 1 is 1.33 bits per heavy atom. The number of ether oxygens (including phenoxy) is 1. The third-order valence-electron chi connectivity index (χ3n) is 4.77. The van der Waals surface area contributed by atoms with Crippen LogP contribution in [0.15, 0.2) is 12.4 Å². The van der Waals surface area contributed by atoms with Crippen LogP contribution in [0.2, 0.25) is 0 Å². The number of anilines is 1. The quantitative estimate of drug-likeness (QED) is 0.844. The summed E-state index contributed by atoms with van der Waals surface area (Å²) in [6.45, 7) is 10.9. The van der Waals surface area contributed by atoms with Gasteiger partial charge in [-0.3, -0.25) is 4.68 Å². The van der Waals surface area contributed by atoms with Crippen molar-refractivity contribution in [1.82, 2.24) is 19.7 Å². The van der Waals surface area contributed by atoms with Crippen molar-refractivity contribution in [3.05, 3.63) is 35.0 Å². The molecule has 0 radical (unpaired) electrons. The molecule has 0 unspecified atom stereocenters. The Morgan fingerprint density at radius 2 is 2.12 bits per heavy atom. The monoisotopic (exact) mass is 329 g/mol. The van der Waals surface area contributed by atoms with E-state index >= 15 is 0 Å². The molecule has 0 aromatic carbocycles. The Bertz CT molecular complexity index is 703. The summed E-state index contributed by atoms with van der Waals surface area (Å²) in [7, 11) is 2.07. The second-order valence-electron chi connectivity index (χ2n) is 6.91. The van der Waals surface area contributed by atoms with E-state index in [0.717, 1.165) is 43.4 Å². The van der Waals surface area contributed by atoms with E-state index in [1.807, 2.05) is 0 Å². The third-order valence-corrected chi connectivity index (χ3v) is 4.77. The van der Waals surface area contributed by atoms with E-state index in [4.69, 9.17) is 4.74 Å². The molecule has 1 aliphatic rings. The molecular formula is C18H27N5O. The van der Waals surface area contributed by atoms with E-state index in [1.54, 1.807) is 6.33 Å². The molecule has 2 aromatic rings. The van der Waals surface area contributed by atoms with Crippen LogP contribution in [0.25, 0.3) is 0 Å². The van der Waals surface area contributed by atoms with Gasteiger partial charge in [0.15, 0.2) is 0 Å². The molecule has 2 aromatic heterocycles. The number of aryl methyl sites for hydroxylation is 1. The Labute approximate surface area is 143 Å². The lowest BCUT2D eigenvalue weighted by atomic mass is 10.0. The lowest BCUT2D eigenvalue weighted by Gasteiger charge is -2.20. The fourth-order valence-corrected chi connectivity index (χ4v) is 3.31. The molecule has 1 saturated heterocycles. The van der Waals surface area contributed by atoms with E-state index in [1.165, 1.54) is 11.3 Å².